The number of halogens is 1. The van der Waals surface area contributed by atoms with Gasteiger partial charge in [-0.3, -0.25) is 0 Å². The molecule has 1 nitrogen and oxygen atoms in total. The fraction of sp³-hybridized carbons (Fsp3) is 0.556. The first kappa shape index (κ1) is 8.31. The van der Waals surface area contributed by atoms with E-state index in [9.17, 15) is 4.39 Å². The number of hydrogen-bond acceptors (Lipinski definition) is 0. The summed E-state index contributed by atoms with van der Waals surface area (Å²) in [5, 5.41) is 0. The van der Waals surface area contributed by atoms with Crippen LogP contribution in [0.25, 0.3) is 0 Å². The topological polar surface area (TPSA) is 4.93 Å². The normalized spacial score (nSPS) is 12.1. The highest BCUT2D eigenvalue weighted by atomic mass is 19.1. The largest absolute Gasteiger partial charge is 0.351 e. The third-order valence-corrected chi connectivity index (χ3v) is 1.73. The molecule has 0 saturated carbocycles. The SMILES string of the molecule is Cn1ccc(F)c1C(C)(C)C. The molecule has 0 saturated heterocycles. The van der Waals surface area contributed by atoms with E-state index in [-0.39, 0.29) is 11.2 Å². The third-order valence-electron chi connectivity index (χ3n) is 1.73. The second-order valence-electron chi connectivity index (χ2n) is 3.87. The number of aromatic nitrogens is 1. The molecule has 0 bridgehead atoms. The van der Waals surface area contributed by atoms with E-state index in [1.165, 1.54) is 6.07 Å². The highest BCUT2D eigenvalue weighted by molar-refractivity contribution is 5.18. The smallest absolute Gasteiger partial charge is 0.144 e. The summed E-state index contributed by atoms with van der Waals surface area (Å²) in [6, 6.07) is 1.50. The number of hydrogen-bond donors (Lipinski definition) is 0. The summed E-state index contributed by atoms with van der Waals surface area (Å²) in [6.45, 7) is 6.02. The van der Waals surface area contributed by atoms with Gasteiger partial charge in [0.25, 0.3) is 0 Å². The molecule has 0 atom stereocenters. The van der Waals surface area contributed by atoms with E-state index in [4.69, 9.17) is 0 Å². The van der Waals surface area contributed by atoms with Crippen LogP contribution in [0.4, 0.5) is 4.39 Å². The molecular weight excluding hydrogens is 141 g/mol. The molecule has 0 N–H and O–H groups in total. The minimum absolute atomic E-state index is 0.109. The van der Waals surface area contributed by atoms with Crippen molar-refractivity contribution in [3.05, 3.63) is 23.8 Å². The van der Waals surface area contributed by atoms with Crippen molar-refractivity contribution in [2.75, 3.05) is 0 Å². The van der Waals surface area contributed by atoms with Gasteiger partial charge < -0.3 is 4.57 Å². The van der Waals surface area contributed by atoms with E-state index in [1.54, 1.807) is 6.20 Å². The van der Waals surface area contributed by atoms with Crippen LogP contribution in [0.2, 0.25) is 0 Å². The maximum Gasteiger partial charge on any atom is 0.144 e. The van der Waals surface area contributed by atoms with Gasteiger partial charge in [0.1, 0.15) is 5.82 Å². The fourth-order valence-corrected chi connectivity index (χ4v) is 1.39. The first-order chi connectivity index (χ1) is 4.93. The van der Waals surface area contributed by atoms with Crippen molar-refractivity contribution in [3.63, 3.8) is 0 Å². The van der Waals surface area contributed by atoms with Gasteiger partial charge in [0.15, 0.2) is 0 Å². The zero-order chi connectivity index (χ0) is 8.65. The maximum atomic E-state index is 13.1. The molecule has 1 aromatic rings. The number of aryl methyl sites for hydroxylation is 1. The van der Waals surface area contributed by atoms with Crippen LogP contribution in [0.3, 0.4) is 0 Å². The molecular formula is C9H14FN. The van der Waals surface area contributed by atoms with Crippen molar-refractivity contribution in [2.45, 2.75) is 26.2 Å². The van der Waals surface area contributed by atoms with Gasteiger partial charge in [-0.2, -0.15) is 0 Å². The van der Waals surface area contributed by atoms with Crippen molar-refractivity contribution in [1.29, 1.82) is 0 Å². The van der Waals surface area contributed by atoms with Gasteiger partial charge in [-0.15, -0.1) is 0 Å². The summed E-state index contributed by atoms with van der Waals surface area (Å²) in [5.41, 5.74) is 0.653. The summed E-state index contributed by atoms with van der Waals surface area (Å²) < 4.78 is 14.9. The Morgan fingerprint density at radius 3 is 2.09 bits per heavy atom. The Labute approximate surface area is 66.8 Å². The van der Waals surface area contributed by atoms with Gasteiger partial charge in [0, 0.05) is 18.7 Å². The van der Waals surface area contributed by atoms with Gasteiger partial charge in [0.05, 0.1) is 5.69 Å². The average Bonchev–Trinajstić information content (AvgIpc) is 2.08. The molecule has 0 amide bonds. The van der Waals surface area contributed by atoms with Crippen molar-refractivity contribution in [2.24, 2.45) is 7.05 Å². The summed E-state index contributed by atoms with van der Waals surface area (Å²) in [6.07, 6.45) is 1.75. The number of nitrogens with zero attached hydrogens (tertiary/aromatic N) is 1. The van der Waals surface area contributed by atoms with E-state index in [2.05, 4.69) is 0 Å². The van der Waals surface area contributed by atoms with Gasteiger partial charge in [0.2, 0.25) is 0 Å². The second kappa shape index (κ2) is 2.36. The van der Waals surface area contributed by atoms with Crippen LogP contribution in [0, 0.1) is 5.82 Å². The van der Waals surface area contributed by atoms with Gasteiger partial charge >= 0.3 is 0 Å². The van der Waals surface area contributed by atoms with Crippen LogP contribution in [0.1, 0.15) is 26.5 Å². The minimum Gasteiger partial charge on any atom is -0.351 e. The van der Waals surface area contributed by atoms with Gasteiger partial charge in [-0.1, -0.05) is 20.8 Å². The molecule has 0 fully saturated rings. The molecule has 62 valence electrons. The quantitative estimate of drug-likeness (QED) is 0.542. The third kappa shape index (κ3) is 1.44. The lowest BCUT2D eigenvalue weighted by atomic mass is 9.92. The molecule has 0 aliphatic rings. The van der Waals surface area contributed by atoms with Crippen LogP contribution in [-0.2, 0) is 12.5 Å². The van der Waals surface area contributed by atoms with E-state index in [1.807, 2.05) is 32.4 Å². The van der Waals surface area contributed by atoms with Crippen LogP contribution >= 0.6 is 0 Å². The van der Waals surface area contributed by atoms with E-state index < -0.39 is 0 Å². The highest BCUT2D eigenvalue weighted by Crippen LogP contribution is 2.24. The molecule has 0 spiro atoms. The highest BCUT2D eigenvalue weighted by Gasteiger charge is 2.21. The second-order valence-corrected chi connectivity index (χ2v) is 3.87. The van der Waals surface area contributed by atoms with E-state index in [0.29, 0.717) is 0 Å². The summed E-state index contributed by atoms with van der Waals surface area (Å²) >= 11 is 0. The first-order valence-corrected chi connectivity index (χ1v) is 3.74. The van der Waals surface area contributed by atoms with Crippen LogP contribution in [-0.4, -0.2) is 4.57 Å². The Hall–Kier alpha value is -0.790. The van der Waals surface area contributed by atoms with Gasteiger partial charge in [-0.25, -0.2) is 4.39 Å². The van der Waals surface area contributed by atoms with Gasteiger partial charge in [-0.05, 0) is 6.07 Å². The zero-order valence-electron chi connectivity index (χ0n) is 7.48. The van der Waals surface area contributed by atoms with Crippen molar-refractivity contribution >= 4 is 0 Å². The molecule has 1 rings (SSSR count). The van der Waals surface area contributed by atoms with Crippen LogP contribution in [0.15, 0.2) is 12.3 Å². The standard InChI is InChI=1S/C9H14FN/c1-9(2,3)8-7(10)5-6-11(8)4/h5-6H,1-4H3. The Kier molecular flexibility index (Phi) is 1.78. The molecule has 11 heavy (non-hydrogen) atoms. The Bertz CT molecular complexity index is 236. The van der Waals surface area contributed by atoms with E-state index >= 15 is 0 Å². The molecule has 0 aromatic carbocycles. The summed E-state index contributed by atoms with van der Waals surface area (Å²) in [5.74, 6) is -0.111. The maximum absolute atomic E-state index is 13.1. The lowest BCUT2D eigenvalue weighted by molar-refractivity contribution is 0.491. The van der Waals surface area contributed by atoms with Crippen molar-refractivity contribution in [1.82, 2.24) is 4.57 Å². The molecule has 0 unspecified atom stereocenters. The van der Waals surface area contributed by atoms with Crippen molar-refractivity contribution in [3.8, 4) is 0 Å². The molecule has 0 aliphatic carbocycles. The Morgan fingerprint density at radius 1 is 1.36 bits per heavy atom. The molecule has 1 heterocycles. The molecule has 2 heteroatoms. The summed E-state index contributed by atoms with van der Waals surface area (Å²) in [4.78, 5) is 0. The molecule has 0 aliphatic heterocycles. The Balaban J connectivity index is 3.21. The fourth-order valence-electron chi connectivity index (χ4n) is 1.39. The zero-order valence-corrected chi connectivity index (χ0v) is 7.48. The predicted molar refractivity (Wildman–Crippen MR) is 44.1 cm³/mol. The molecule has 1 aromatic heterocycles. The lowest BCUT2D eigenvalue weighted by Gasteiger charge is -2.19. The van der Waals surface area contributed by atoms with Crippen molar-refractivity contribution < 1.29 is 4.39 Å². The van der Waals surface area contributed by atoms with E-state index in [0.717, 1.165) is 5.69 Å². The average molecular weight is 155 g/mol. The molecule has 0 radical (unpaired) electrons. The number of rotatable bonds is 0. The lowest BCUT2D eigenvalue weighted by Crippen LogP contribution is -2.17. The monoisotopic (exact) mass is 155 g/mol. The Morgan fingerprint density at radius 2 is 1.91 bits per heavy atom. The van der Waals surface area contributed by atoms with Crippen LogP contribution < -0.4 is 0 Å². The summed E-state index contributed by atoms with van der Waals surface area (Å²) in [7, 11) is 1.86. The predicted octanol–water partition coefficient (Wildman–Crippen LogP) is 2.46. The first-order valence-electron chi connectivity index (χ1n) is 3.74. The minimum atomic E-state index is -0.111. The van der Waals surface area contributed by atoms with Crippen LogP contribution in [0.5, 0.6) is 0 Å².